The molecule has 73 heavy (non-hydrogen) atoms. The molecule has 3 aliphatic heterocycles. The number of halogens is 5. The number of piperidine rings is 1. The van der Waals surface area contributed by atoms with Crippen molar-refractivity contribution in [2.75, 3.05) is 51.2 Å². The average molecular weight is 1020 g/mol. The van der Waals surface area contributed by atoms with Crippen LogP contribution < -0.4 is 29.2 Å². The van der Waals surface area contributed by atoms with Crippen LogP contribution in [0.5, 0.6) is 23.0 Å². The van der Waals surface area contributed by atoms with Crippen LogP contribution in [0.4, 0.5) is 34.8 Å². The highest BCUT2D eigenvalue weighted by Crippen LogP contribution is 2.39. The van der Waals surface area contributed by atoms with Crippen LogP contribution in [0.15, 0.2) is 103 Å². The highest BCUT2D eigenvalue weighted by atomic mass is 35.5. The Morgan fingerprint density at radius 2 is 1.25 bits per heavy atom. The molecule has 3 aliphatic rings. The van der Waals surface area contributed by atoms with E-state index in [-0.39, 0.29) is 94.9 Å². The van der Waals surface area contributed by atoms with Crippen LogP contribution in [0.2, 0.25) is 5.02 Å². The number of methoxy groups -OCH3 is 3. The second-order valence-electron chi connectivity index (χ2n) is 17.8. The highest BCUT2D eigenvalue weighted by molar-refractivity contribution is 6.34. The summed E-state index contributed by atoms with van der Waals surface area (Å²) in [6.07, 6.45) is 1.47. The van der Waals surface area contributed by atoms with Gasteiger partial charge in [-0.1, -0.05) is 23.7 Å². The summed E-state index contributed by atoms with van der Waals surface area (Å²) in [6.45, 7) is 1.54. The molecule has 3 aromatic heterocycles. The first-order valence-corrected chi connectivity index (χ1v) is 23.6. The lowest BCUT2D eigenvalue weighted by Crippen LogP contribution is -2.45. The van der Waals surface area contributed by atoms with Gasteiger partial charge in [0.25, 0.3) is 11.8 Å². The smallest absolute Gasteiger partial charge is 0.258 e. The number of carbonyl (C=O) groups is 2. The molecule has 374 valence electrons. The molecule has 1 fully saturated rings. The number of fused-ring (bicyclic) bond motifs is 2. The molecule has 0 aliphatic carbocycles. The van der Waals surface area contributed by atoms with Gasteiger partial charge in [-0.05, 0) is 79.2 Å². The fraction of sp³-hybridized carbons (Fsp3) is 0.241. The van der Waals surface area contributed by atoms with E-state index in [0.717, 1.165) is 35.5 Å². The summed E-state index contributed by atoms with van der Waals surface area (Å²) < 4.78 is 82.4. The van der Waals surface area contributed by atoms with E-state index in [1.165, 1.54) is 43.4 Å². The van der Waals surface area contributed by atoms with Crippen LogP contribution in [0.3, 0.4) is 0 Å². The van der Waals surface area contributed by atoms with Crippen molar-refractivity contribution in [2.24, 2.45) is 5.92 Å². The number of ether oxygens (including phenoxy) is 4. The minimum Gasteiger partial charge on any atom is -0.497 e. The number of hydrogen-bond acceptors (Lipinski definition) is 12. The zero-order valence-corrected chi connectivity index (χ0v) is 40.4. The maximum absolute atomic E-state index is 15.2. The van der Waals surface area contributed by atoms with Gasteiger partial charge in [0.05, 0.1) is 128 Å². The average Bonchev–Trinajstić information content (AvgIpc) is 3.87. The zero-order valence-electron chi connectivity index (χ0n) is 39.6. The van der Waals surface area contributed by atoms with Gasteiger partial charge in [-0.3, -0.25) is 9.59 Å². The molecule has 7 aromatic rings. The van der Waals surface area contributed by atoms with Crippen molar-refractivity contribution < 1.29 is 51.2 Å². The number of aliphatic hydroxyl groups is 1. The molecule has 6 heterocycles. The predicted molar refractivity (Wildman–Crippen MR) is 263 cm³/mol. The standard InChI is InChI=1S/C54H46ClF4N7O7/c1-70-33-13-10-29(46(18-33)71-2)24-66-27-44-52(54(66)69)42(21-41(62-44)51-38(58)8-5-9-39(51)59)63-48-15-12-32(22-60-48)64-17-16-45(67)31(25-64)28-73-34-14-11-30(47(19-34)72-3)23-65-26-43-49(53(65)68)35(55)20-40(61-43)50-36(56)6-4-7-37(50)57/h4-15,18-22,31,45,67H,16-17,23-28H2,1-3H3,(H,60,62,63). The Kier molecular flexibility index (Phi) is 13.5. The first kappa shape index (κ1) is 48.7. The Morgan fingerprint density at radius 3 is 1.82 bits per heavy atom. The number of nitrogens with zero attached hydrogens (tertiary/aromatic N) is 6. The first-order chi connectivity index (χ1) is 35.3. The molecule has 14 nitrogen and oxygen atoms in total. The van der Waals surface area contributed by atoms with Crippen molar-refractivity contribution in [3.63, 3.8) is 0 Å². The number of rotatable bonds is 15. The van der Waals surface area contributed by atoms with Gasteiger partial charge >= 0.3 is 0 Å². The van der Waals surface area contributed by atoms with E-state index >= 15 is 8.78 Å². The van der Waals surface area contributed by atoms with Crippen molar-refractivity contribution >= 4 is 40.6 Å². The van der Waals surface area contributed by atoms with Crippen LogP contribution in [0.1, 0.15) is 49.7 Å². The Bertz CT molecular complexity index is 3260. The quantitative estimate of drug-likeness (QED) is 0.0941. The first-order valence-electron chi connectivity index (χ1n) is 23.2. The van der Waals surface area contributed by atoms with E-state index in [0.29, 0.717) is 65.3 Å². The Labute approximate surface area is 421 Å². The summed E-state index contributed by atoms with van der Waals surface area (Å²) in [5.74, 6) is -1.84. The maximum Gasteiger partial charge on any atom is 0.258 e. The molecular weight excluding hydrogens is 970 g/mol. The summed E-state index contributed by atoms with van der Waals surface area (Å²) in [5.41, 5.74) is 2.80. The molecule has 0 saturated carbocycles. The van der Waals surface area contributed by atoms with Crippen molar-refractivity contribution in [3.05, 3.63) is 165 Å². The summed E-state index contributed by atoms with van der Waals surface area (Å²) in [6, 6.07) is 23.9. The maximum atomic E-state index is 15.2. The van der Waals surface area contributed by atoms with Gasteiger partial charge in [0, 0.05) is 42.3 Å². The molecule has 1 saturated heterocycles. The molecule has 2 atom stereocenters. The van der Waals surface area contributed by atoms with Crippen LogP contribution >= 0.6 is 11.6 Å². The fourth-order valence-corrected chi connectivity index (χ4v) is 9.81. The predicted octanol–water partition coefficient (Wildman–Crippen LogP) is 9.76. The van der Waals surface area contributed by atoms with Crippen molar-refractivity contribution in [3.8, 4) is 45.5 Å². The Balaban J connectivity index is 0.809. The van der Waals surface area contributed by atoms with E-state index in [9.17, 15) is 23.5 Å². The molecular formula is C54H46ClF4N7O7. The molecule has 2 unspecified atom stereocenters. The van der Waals surface area contributed by atoms with Crippen molar-refractivity contribution in [1.29, 1.82) is 0 Å². The molecule has 4 aromatic carbocycles. The number of aromatic nitrogens is 3. The Morgan fingerprint density at radius 1 is 0.685 bits per heavy atom. The third-order valence-electron chi connectivity index (χ3n) is 13.3. The van der Waals surface area contributed by atoms with E-state index in [4.69, 9.17) is 30.5 Å². The molecule has 0 bridgehead atoms. The van der Waals surface area contributed by atoms with E-state index in [2.05, 4.69) is 25.2 Å². The van der Waals surface area contributed by atoms with Crippen LogP contribution in [-0.2, 0) is 26.2 Å². The molecule has 2 N–H and O–H groups in total. The summed E-state index contributed by atoms with van der Waals surface area (Å²) in [4.78, 5) is 46.5. The second-order valence-corrected chi connectivity index (χ2v) is 18.2. The van der Waals surface area contributed by atoms with Gasteiger partial charge in [-0.15, -0.1) is 0 Å². The third-order valence-corrected chi connectivity index (χ3v) is 13.6. The molecule has 10 rings (SSSR count). The third kappa shape index (κ3) is 9.62. The number of benzene rings is 4. The lowest BCUT2D eigenvalue weighted by molar-refractivity contribution is 0.0590. The highest BCUT2D eigenvalue weighted by Gasteiger charge is 2.36. The second kappa shape index (κ2) is 20.3. The van der Waals surface area contributed by atoms with Gasteiger partial charge in [0.2, 0.25) is 0 Å². The number of aliphatic hydroxyl groups excluding tert-OH is 1. The number of amides is 2. The largest absolute Gasteiger partial charge is 0.497 e. The summed E-state index contributed by atoms with van der Waals surface area (Å²) in [5, 5.41) is 14.4. The van der Waals surface area contributed by atoms with Gasteiger partial charge in [0.15, 0.2) is 0 Å². The normalized spacial score (nSPS) is 16.2. The fourth-order valence-electron chi connectivity index (χ4n) is 9.52. The molecule has 0 radical (unpaired) electrons. The van der Waals surface area contributed by atoms with Crippen molar-refractivity contribution in [1.82, 2.24) is 24.8 Å². The molecule has 2 amide bonds. The van der Waals surface area contributed by atoms with E-state index < -0.39 is 29.4 Å². The minimum absolute atomic E-state index is 0.00646. The van der Waals surface area contributed by atoms with Gasteiger partial charge in [0.1, 0.15) is 52.1 Å². The zero-order chi connectivity index (χ0) is 51.1. The van der Waals surface area contributed by atoms with Gasteiger partial charge < -0.3 is 44.1 Å². The van der Waals surface area contributed by atoms with Crippen LogP contribution in [0.25, 0.3) is 22.5 Å². The lowest BCUT2D eigenvalue weighted by atomic mass is 9.95. The number of hydrogen-bond donors (Lipinski definition) is 2. The lowest BCUT2D eigenvalue weighted by Gasteiger charge is -2.37. The molecule has 19 heteroatoms. The SMILES string of the molecule is COc1ccc(CN2Cc3nc(-c4c(F)cccc4F)cc(Nc4ccc(N5CCC(O)C(COc6ccc(CN7Cc8nc(-c9c(F)cccc9F)cc(Cl)c8C7=O)c(OC)c6)C5)cn4)c3C2=O)c(OC)c1. The summed E-state index contributed by atoms with van der Waals surface area (Å²) in [7, 11) is 4.57. The number of carbonyl (C=O) groups excluding carboxylic acids is 2. The van der Waals surface area contributed by atoms with Crippen LogP contribution in [-0.4, -0.2) is 88.8 Å². The topological polar surface area (TPSA) is 152 Å². The van der Waals surface area contributed by atoms with E-state index in [1.807, 2.05) is 6.07 Å². The van der Waals surface area contributed by atoms with Gasteiger partial charge in [-0.2, -0.15) is 0 Å². The van der Waals surface area contributed by atoms with Crippen LogP contribution in [0, 0.1) is 29.2 Å². The van der Waals surface area contributed by atoms with E-state index in [1.54, 1.807) is 60.7 Å². The van der Waals surface area contributed by atoms with Gasteiger partial charge in [-0.25, -0.2) is 32.5 Å². The monoisotopic (exact) mass is 1020 g/mol. The number of nitrogens with one attached hydrogen (secondary N) is 1. The number of anilines is 3. The van der Waals surface area contributed by atoms with Crippen molar-refractivity contribution in [2.45, 2.75) is 38.7 Å². The Hall–Kier alpha value is -7.96. The minimum atomic E-state index is -0.803. The molecule has 0 spiro atoms. The summed E-state index contributed by atoms with van der Waals surface area (Å²) >= 11 is 6.50. The number of pyridine rings is 3.